The summed E-state index contributed by atoms with van der Waals surface area (Å²) in [5, 5.41) is 3.03. The van der Waals surface area contributed by atoms with Crippen molar-refractivity contribution in [2.75, 3.05) is 23.7 Å². The second-order valence-corrected chi connectivity index (χ2v) is 8.47. The summed E-state index contributed by atoms with van der Waals surface area (Å²) in [6.45, 7) is 0.832. The second kappa shape index (κ2) is 8.43. The van der Waals surface area contributed by atoms with Gasteiger partial charge in [0.05, 0.1) is 24.6 Å². The Morgan fingerprint density at radius 3 is 2.59 bits per heavy atom. The summed E-state index contributed by atoms with van der Waals surface area (Å²) >= 11 is 0. The average molecular weight is 388 g/mol. The quantitative estimate of drug-likeness (QED) is 0.740. The van der Waals surface area contributed by atoms with Crippen LogP contribution < -0.4 is 14.4 Å². The van der Waals surface area contributed by atoms with Crippen molar-refractivity contribution < 1.29 is 17.9 Å². The van der Waals surface area contributed by atoms with Gasteiger partial charge in [-0.2, -0.15) is 0 Å². The van der Waals surface area contributed by atoms with Crippen LogP contribution in [0.3, 0.4) is 0 Å². The molecule has 0 saturated heterocycles. The van der Waals surface area contributed by atoms with Crippen LogP contribution in [0.15, 0.2) is 54.6 Å². The molecule has 1 aliphatic heterocycles. The molecular formula is C20H24N2O4S. The Balaban J connectivity index is 1.55. The molecule has 7 heteroatoms. The van der Waals surface area contributed by atoms with Crippen LogP contribution in [-0.2, 0) is 14.8 Å². The van der Waals surface area contributed by atoms with E-state index in [1.807, 2.05) is 48.5 Å². The normalized spacial score (nSPS) is 16.5. The third-order valence-electron chi connectivity index (χ3n) is 4.50. The van der Waals surface area contributed by atoms with Gasteiger partial charge in [0, 0.05) is 13.0 Å². The van der Waals surface area contributed by atoms with E-state index in [0.717, 1.165) is 11.3 Å². The Kier molecular flexibility index (Phi) is 6.01. The van der Waals surface area contributed by atoms with Crippen LogP contribution in [0.5, 0.6) is 5.75 Å². The fourth-order valence-corrected chi connectivity index (χ4v) is 4.19. The van der Waals surface area contributed by atoms with E-state index in [4.69, 9.17) is 4.74 Å². The Labute approximate surface area is 160 Å². The summed E-state index contributed by atoms with van der Waals surface area (Å²) in [6.07, 6.45) is 2.73. The maximum absolute atomic E-state index is 12.3. The van der Waals surface area contributed by atoms with Crippen molar-refractivity contribution in [1.29, 1.82) is 0 Å². The van der Waals surface area contributed by atoms with Crippen LogP contribution in [0.1, 0.15) is 30.9 Å². The van der Waals surface area contributed by atoms with Crippen molar-refractivity contribution in [2.45, 2.75) is 25.3 Å². The fraction of sp³-hybridized carbons (Fsp3) is 0.350. The van der Waals surface area contributed by atoms with Crippen molar-refractivity contribution >= 4 is 21.6 Å². The minimum atomic E-state index is -3.33. The second-order valence-electron chi connectivity index (χ2n) is 6.57. The van der Waals surface area contributed by atoms with Crippen molar-refractivity contribution in [2.24, 2.45) is 0 Å². The third kappa shape index (κ3) is 5.01. The number of nitrogens with zero attached hydrogens (tertiary/aromatic N) is 1. The van der Waals surface area contributed by atoms with Crippen LogP contribution in [0, 0.1) is 0 Å². The molecule has 144 valence electrons. The number of amides is 1. The van der Waals surface area contributed by atoms with Crippen LogP contribution in [0.2, 0.25) is 0 Å². The number of para-hydroxylation sites is 2. The van der Waals surface area contributed by atoms with E-state index in [1.54, 1.807) is 6.07 Å². The zero-order valence-corrected chi connectivity index (χ0v) is 16.1. The highest BCUT2D eigenvalue weighted by Gasteiger charge is 2.30. The van der Waals surface area contributed by atoms with Crippen molar-refractivity contribution in [3.8, 4) is 5.75 Å². The first-order valence-corrected chi connectivity index (χ1v) is 10.8. The SMILES string of the molecule is CS(=O)(=O)N1CCC(NC(=O)CCCOc2ccccc2)c2ccccc21. The van der Waals surface area contributed by atoms with Gasteiger partial charge >= 0.3 is 0 Å². The lowest BCUT2D eigenvalue weighted by Gasteiger charge is -2.34. The number of nitrogens with one attached hydrogen (secondary N) is 1. The number of rotatable bonds is 7. The summed E-state index contributed by atoms with van der Waals surface area (Å²) in [7, 11) is -3.33. The Morgan fingerprint density at radius 1 is 1.15 bits per heavy atom. The minimum absolute atomic E-state index is 0.0562. The lowest BCUT2D eigenvalue weighted by molar-refractivity contribution is -0.122. The molecule has 0 aliphatic carbocycles. The number of hydrogen-bond acceptors (Lipinski definition) is 4. The highest BCUT2D eigenvalue weighted by molar-refractivity contribution is 7.92. The van der Waals surface area contributed by atoms with E-state index in [1.165, 1.54) is 10.6 Å². The first kappa shape index (κ1) is 19.2. The molecule has 0 spiro atoms. The lowest BCUT2D eigenvalue weighted by atomic mass is 9.97. The predicted octanol–water partition coefficient (Wildman–Crippen LogP) is 2.87. The molecule has 2 aromatic carbocycles. The summed E-state index contributed by atoms with van der Waals surface area (Å²) in [5.74, 6) is 0.735. The van der Waals surface area contributed by atoms with Crippen LogP contribution in [-0.4, -0.2) is 33.7 Å². The number of fused-ring (bicyclic) bond motifs is 1. The summed E-state index contributed by atoms with van der Waals surface area (Å²) in [4.78, 5) is 12.3. The first-order valence-electron chi connectivity index (χ1n) is 8.99. The van der Waals surface area contributed by atoms with E-state index in [0.29, 0.717) is 38.1 Å². The van der Waals surface area contributed by atoms with E-state index < -0.39 is 10.0 Å². The smallest absolute Gasteiger partial charge is 0.232 e. The average Bonchev–Trinajstić information content (AvgIpc) is 2.65. The molecule has 0 saturated carbocycles. The van der Waals surface area contributed by atoms with Crippen molar-refractivity contribution in [1.82, 2.24) is 5.32 Å². The standard InChI is InChI=1S/C20H24N2O4S/c1-27(24,25)22-14-13-18(17-10-5-6-11-19(17)22)21-20(23)12-7-15-26-16-8-3-2-4-9-16/h2-6,8-11,18H,7,12-15H2,1H3,(H,21,23). The van der Waals surface area contributed by atoms with Gasteiger partial charge < -0.3 is 10.1 Å². The van der Waals surface area contributed by atoms with Gasteiger partial charge in [-0.3, -0.25) is 9.10 Å². The molecule has 0 radical (unpaired) electrons. The van der Waals surface area contributed by atoms with Crippen LogP contribution in [0.4, 0.5) is 5.69 Å². The van der Waals surface area contributed by atoms with Crippen molar-refractivity contribution in [3.63, 3.8) is 0 Å². The molecule has 0 aromatic heterocycles. The number of ether oxygens (including phenoxy) is 1. The summed E-state index contributed by atoms with van der Waals surface area (Å²) in [6, 6.07) is 16.6. The summed E-state index contributed by atoms with van der Waals surface area (Å²) in [5.41, 5.74) is 1.48. The molecule has 1 aliphatic rings. The Morgan fingerprint density at radius 2 is 1.85 bits per heavy atom. The molecule has 1 amide bonds. The summed E-state index contributed by atoms with van der Waals surface area (Å²) < 4.78 is 31.0. The molecule has 27 heavy (non-hydrogen) atoms. The maximum atomic E-state index is 12.3. The van der Waals surface area contributed by atoms with E-state index in [9.17, 15) is 13.2 Å². The molecule has 1 heterocycles. The topological polar surface area (TPSA) is 75.7 Å². The van der Waals surface area contributed by atoms with E-state index in [-0.39, 0.29) is 11.9 Å². The van der Waals surface area contributed by atoms with Gasteiger partial charge in [0.25, 0.3) is 0 Å². The zero-order valence-electron chi connectivity index (χ0n) is 15.3. The zero-order chi connectivity index (χ0) is 19.3. The molecule has 1 atom stereocenters. The van der Waals surface area contributed by atoms with Crippen LogP contribution >= 0.6 is 0 Å². The number of hydrogen-bond donors (Lipinski definition) is 1. The Bertz CT molecular complexity index is 884. The van der Waals surface area contributed by atoms with E-state index >= 15 is 0 Å². The third-order valence-corrected chi connectivity index (χ3v) is 5.68. The van der Waals surface area contributed by atoms with Crippen LogP contribution in [0.25, 0.3) is 0 Å². The molecule has 3 rings (SSSR count). The predicted molar refractivity (Wildman–Crippen MR) is 105 cm³/mol. The largest absolute Gasteiger partial charge is 0.494 e. The molecular weight excluding hydrogens is 364 g/mol. The van der Waals surface area contributed by atoms with Gasteiger partial charge in [0.2, 0.25) is 15.9 Å². The number of anilines is 1. The maximum Gasteiger partial charge on any atom is 0.232 e. The minimum Gasteiger partial charge on any atom is -0.494 e. The van der Waals surface area contributed by atoms with Gasteiger partial charge in [0.15, 0.2) is 0 Å². The van der Waals surface area contributed by atoms with Crippen molar-refractivity contribution in [3.05, 3.63) is 60.2 Å². The number of benzene rings is 2. The molecule has 6 nitrogen and oxygen atoms in total. The number of carbonyl (C=O) groups is 1. The molecule has 1 N–H and O–H groups in total. The van der Waals surface area contributed by atoms with Gasteiger partial charge in [-0.05, 0) is 36.6 Å². The van der Waals surface area contributed by atoms with Gasteiger partial charge in [-0.1, -0.05) is 36.4 Å². The first-order chi connectivity index (χ1) is 12.9. The molecule has 0 bridgehead atoms. The van der Waals surface area contributed by atoms with Gasteiger partial charge in [0.1, 0.15) is 5.75 Å². The highest BCUT2D eigenvalue weighted by Crippen LogP contribution is 2.35. The molecule has 0 fully saturated rings. The number of sulfonamides is 1. The van der Waals surface area contributed by atoms with Gasteiger partial charge in [-0.25, -0.2) is 8.42 Å². The fourth-order valence-electron chi connectivity index (χ4n) is 3.23. The number of carbonyl (C=O) groups excluding carboxylic acids is 1. The molecule has 2 aromatic rings. The van der Waals surface area contributed by atoms with E-state index in [2.05, 4.69) is 5.32 Å². The molecule has 1 unspecified atom stereocenters. The monoisotopic (exact) mass is 388 g/mol. The van der Waals surface area contributed by atoms with Gasteiger partial charge in [-0.15, -0.1) is 0 Å². The lowest BCUT2D eigenvalue weighted by Crippen LogP contribution is -2.40. The highest BCUT2D eigenvalue weighted by atomic mass is 32.2. The Hall–Kier alpha value is -2.54.